The Hall–Kier alpha value is -3.27. The van der Waals surface area contributed by atoms with Gasteiger partial charge >= 0.3 is 0 Å². The van der Waals surface area contributed by atoms with E-state index in [0.717, 1.165) is 11.1 Å². The summed E-state index contributed by atoms with van der Waals surface area (Å²) in [5, 5.41) is 7.87. The van der Waals surface area contributed by atoms with Gasteiger partial charge in [0.15, 0.2) is 18.1 Å². The number of rotatable bonds is 13. The van der Waals surface area contributed by atoms with Crippen LogP contribution in [0.2, 0.25) is 10.0 Å². The maximum atomic E-state index is 12.9. The number of carbonyl (C=O) groups is 2. The van der Waals surface area contributed by atoms with Crippen LogP contribution in [0.25, 0.3) is 0 Å². The number of nitrogens with one attached hydrogen (secondary N) is 2. The number of carbonyl (C=O) groups excluding carboxylic acids is 2. The van der Waals surface area contributed by atoms with Crippen LogP contribution in [0.3, 0.4) is 0 Å². The summed E-state index contributed by atoms with van der Waals surface area (Å²) in [5.74, 6) is 0.863. The van der Waals surface area contributed by atoms with Crippen molar-refractivity contribution in [3.63, 3.8) is 0 Å². The van der Waals surface area contributed by atoms with E-state index in [1.165, 1.54) is 13.3 Å². The van der Waals surface area contributed by atoms with E-state index < -0.39 is 17.9 Å². The average molecular weight is 665 g/mol. The second-order valence-electron chi connectivity index (χ2n) is 9.60. The minimum Gasteiger partial charge on any atom is -0.493 e. The fourth-order valence-electron chi connectivity index (χ4n) is 3.79. The third-order valence-corrected chi connectivity index (χ3v) is 7.01. The molecule has 0 bridgehead atoms. The highest BCUT2D eigenvalue weighted by Gasteiger charge is 2.22. The number of benzene rings is 3. The highest BCUT2D eigenvalue weighted by Crippen LogP contribution is 2.37. The van der Waals surface area contributed by atoms with Crippen LogP contribution < -0.4 is 25.0 Å². The Kier molecular flexibility index (Phi) is 12.3. The molecule has 11 heteroatoms. The summed E-state index contributed by atoms with van der Waals surface area (Å²) in [5.41, 5.74) is 4.84. The van der Waals surface area contributed by atoms with Crippen molar-refractivity contribution in [1.29, 1.82) is 0 Å². The Morgan fingerprint density at radius 3 is 2.49 bits per heavy atom. The molecule has 3 rings (SSSR count). The lowest BCUT2D eigenvalue weighted by molar-refractivity contribution is -0.130. The topological polar surface area (TPSA) is 98.2 Å². The molecule has 0 spiro atoms. The van der Waals surface area contributed by atoms with Gasteiger partial charge in [-0.2, -0.15) is 5.10 Å². The lowest BCUT2D eigenvalue weighted by Crippen LogP contribution is -2.47. The number of para-hydroxylation sites is 1. The van der Waals surface area contributed by atoms with E-state index >= 15 is 0 Å². The van der Waals surface area contributed by atoms with Gasteiger partial charge in [-0.1, -0.05) is 61.3 Å². The van der Waals surface area contributed by atoms with Crippen molar-refractivity contribution in [2.45, 2.75) is 39.8 Å². The molecule has 0 unspecified atom stereocenters. The standard InChI is InChI=1S/C30H32BrCl2N3O5/c1-18(2)11-25(35-28(37)17-40-26-8-6-5-7-19(26)3)30(38)36-34-15-20-12-23(31)29(27(13-20)39-4)41-16-21-9-10-22(32)14-24(21)33/h5-10,12-15,18,25H,11,16-17H2,1-4H3,(H,35,37)(H,36,38)/b34-15-/t25-/m1/s1. The van der Waals surface area contributed by atoms with E-state index in [0.29, 0.717) is 43.8 Å². The van der Waals surface area contributed by atoms with E-state index in [1.807, 2.05) is 39.0 Å². The van der Waals surface area contributed by atoms with Gasteiger partial charge in [0, 0.05) is 15.6 Å². The molecule has 1 atom stereocenters. The molecule has 3 aromatic rings. The van der Waals surface area contributed by atoms with Crippen LogP contribution in [0.15, 0.2) is 64.2 Å². The molecule has 0 fully saturated rings. The number of hydrogen-bond acceptors (Lipinski definition) is 6. The van der Waals surface area contributed by atoms with E-state index in [9.17, 15) is 9.59 Å². The van der Waals surface area contributed by atoms with Crippen LogP contribution in [-0.2, 0) is 16.2 Å². The van der Waals surface area contributed by atoms with Crippen molar-refractivity contribution >= 4 is 57.2 Å². The Balaban J connectivity index is 1.62. The monoisotopic (exact) mass is 663 g/mol. The number of nitrogens with zero attached hydrogens (tertiary/aromatic N) is 1. The molecule has 0 aliphatic carbocycles. The number of hydrazone groups is 1. The number of amides is 2. The molecule has 8 nitrogen and oxygen atoms in total. The predicted octanol–water partition coefficient (Wildman–Crippen LogP) is 6.71. The second-order valence-corrected chi connectivity index (χ2v) is 11.3. The third kappa shape index (κ3) is 9.95. The van der Waals surface area contributed by atoms with Gasteiger partial charge in [-0.3, -0.25) is 9.59 Å². The van der Waals surface area contributed by atoms with Crippen LogP contribution in [0.4, 0.5) is 0 Å². The van der Waals surface area contributed by atoms with Crippen molar-refractivity contribution in [3.8, 4) is 17.2 Å². The molecule has 2 N–H and O–H groups in total. The summed E-state index contributed by atoms with van der Waals surface area (Å²) in [6.45, 7) is 5.82. The molecule has 0 aromatic heterocycles. The predicted molar refractivity (Wildman–Crippen MR) is 165 cm³/mol. The molecule has 218 valence electrons. The summed E-state index contributed by atoms with van der Waals surface area (Å²) in [7, 11) is 1.52. The molecule has 0 aliphatic heterocycles. The average Bonchev–Trinajstić information content (AvgIpc) is 2.92. The fourth-order valence-corrected chi connectivity index (χ4v) is 4.83. The van der Waals surface area contributed by atoms with Gasteiger partial charge in [-0.05, 0) is 76.7 Å². The Morgan fingerprint density at radius 2 is 1.80 bits per heavy atom. The van der Waals surface area contributed by atoms with Gasteiger partial charge in [0.05, 0.1) is 17.8 Å². The van der Waals surface area contributed by atoms with Gasteiger partial charge in [0.2, 0.25) is 0 Å². The number of hydrogen-bond donors (Lipinski definition) is 2. The zero-order chi connectivity index (χ0) is 29.9. The van der Waals surface area contributed by atoms with Crippen molar-refractivity contribution in [2.75, 3.05) is 13.7 Å². The van der Waals surface area contributed by atoms with Gasteiger partial charge in [0.1, 0.15) is 18.4 Å². The quantitative estimate of drug-likeness (QED) is 0.156. The molecule has 0 saturated carbocycles. The molecule has 0 heterocycles. The molecule has 0 saturated heterocycles. The lowest BCUT2D eigenvalue weighted by atomic mass is 10.0. The minimum atomic E-state index is -0.781. The van der Waals surface area contributed by atoms with Crippen molar-refractivity contribution in [2.24, 2.45) is 11.0 Å². The summed E-state index contributed by atoms with van der Waals surface area (Å²) in [6.07, 6.45) is 1.90. The normalized spacial score (nSPS) is 11.8. The van der Waals surface area contributed by atoms with Crippen molar-refractivity contribution in [3.05, 3.63) is 85.8 Å². The van der Waals surface area contributed by atoms with Crippen LogP contribution in [0, 0.1) is 12.8 Å². The molecule has 41 heavy (non-hydrogen) atoms. The van der Waals surface area contributed by atoms with E-state index in [2.05, 4.69) is 31.8 Å². The van der Waals surface area contributed by atoms with Gasteiger partial charge in [-0.25, -0.2) is 5.43 Å². The summed E-state index contributed by atoms with van der Waals surface area (Å²) in [6, 6.07) is 15.3. The van der Waals surface area contributed by atoms with Crippen LogP contribution in [0.1, 0.15) is 37.0 Å². The van der Waals surface area contributed by atoms with Gasteiger partial charge < -0.3 is 19.5 Å². The van der Waals surface area contributed by atoms with Crippen LogP contribution in [0.5, 0.6) is 17.2 Å². The molecular weight excluding hydrogens is 633 g/mol. The zero-order valence-corrected chi connectivity index (χ0v) is 26.3. The highest BCUT2D eigenvalue weighted by atomic mass is 79.9. The zero-order valence-electron chi connectivity index (χ0n) is 23.2. The molecule has 2 amide bonds. The molecule has 0 aliphatic rings. The lowest BCUT2D eigenvalue weighted by Gasteiger charge is -2.19. The molecule has 0 radical (unpaired) electrons. The summed E-state index contributed by atoms with van der Waals surface area (Å²) >= 11 is 15.7. The fraction of sp³-hybridized carbons (Fsp3) is 0.300. The smallest absolute Gasteiger partial charge is 0.262 e. The summed E-state index contributed by atoms with van der Waals surface area (Å²) in [4.78, 5) is 25.4. The Bertz CT molecular complexity index is 1400. The largest absolute Gasteiger partial charge is 0.493 e. The maximum Gasteiger partial charge on any atom is 0.262 e. The Morgan fingerprint density at radius 1 is 1.05 bits per heavy atom. The summed E-state index contributed by atoms with van der Waals surface area (Å²) < 4.78 is 17.7. The third-order valence-electron chi connectivity index (χ3n) is 5.84. The van der Waals surface area contributed by atoms with Crippen LogP contribution >= 0.6 is 39.1 Å². The van der Waals surface area contributed by atoms with Crippen LogP contribution in [-0.4, -0.2) is 37.8 Å². The Labute approximate surface area is 258 Å². The highest BCUT2D eigenvalue weighted by molar-refractivity contribution is 9.10. The maximum absolute atomic E-state index is 12.9. The first-order valence-electron chi connectivity index (χ1n) is 12.8. The van der Waals surface area contributed by atoms with E-state index in [4.69, 9.17) is 37.4 Å². The number of ether oxygens (including phenoxy) is 3. The first-order valence-corrected chi connectivity index (χ1v) is 14.4. The first kappa shape index (κ1) is 32.2. The van der Waals surface area contributed by atoms with E-state index in [1.54, 1.807) is 36.4 Å². The number of aryl methyl sites for hydroxylation is 1. The number of halogens is 3. The van der Waals surface area contributed by atoms with Crippen molar-refractivity contribution in [1.82, 2.24) is 10.7 Å². The molecule has 3 aromatic carbocycles. The first-order chi connectivity index (χ1) is 19.6. The van der Waals surface area contributed by atoms with E-state index in [-0.39, 0.29) is 19.1 Å². The minimum absolute atomic E-state index is 0.155. The SMILES string of the molecule is COc1cc(/C=N\NC(=O)[C@@H](CC(C)C)NC(=O)COc2ccccc2C)cc(Br)c1OCc1ccc(Cl)cc1Cl. The molecular formula is C30H32BrCl2N3O5. The van der Waals surface area contributed by atoms with Crippen molar-refractivity contribution < 1.29 is 23.8 Å². The van der Waals surface area contributed by atoms with Gasteiger partial charge in [0.25, 0.3) is 11.8 Å². The van der Waals surface area contributed by atoms with Gasteiger partial charge in [-0.15, -0.1) is 0 Å². The number of methoxy groups -OCH3 is 1. The second kappa shape index (κ2) is 15.7.